The predicted octanol–water partition coefficient (Wildman–Crippen LogP) is 3.28. The molecule has 1 rings (SSSR count). The zero-order valence-electron chi connectivity index (χ0n) is 11.6. The Morgan fingerprint density at radius 3 is 2.56 bits per heavy atom. The lowest BCUT2D eigenvalue weighted by atomic mass is 10.1. The number of methoxy groups -OCH3 is 1. The second-order valence-electron chi connectivity index (χ2n) is 5.14. The van der Waals surface area contributed by atoms with Crippen LogP contribution in [0.4, 0.5) is 4.79 Å². The van der Waals surface area contributed by atoms with E-state index in [1.807, 2.05) is 52.0 Å². The van der Waals surface area contributed by atoms with E-state index in [0.717, 1.165) is 11.3 Å². The largest absolute Gasteiger partial charge is 0.497 e. The van der Waals surface area contributed by atoms with E-state index in [0.29, 0.717) is 0 Å². The Hall–Kier alpha value is -1.71. The normalized spacial score (nSPS) is 12.7. The summed E-state index contributed by atoms with van der Waals surface area (Å²) in [6, 6.07) is 7.45. The number of alkyl carbamates (subject to hydrolysis) is 1. The second kappa shape index (κ2) is 5.76. The summed E-state index contributed by atoms with van der Waals surface area (Å²) < 4.78 is 10.4. The number of carbonyl (C=O) groups is 1. The van der Waals surface area contributed by atoms with Crippen molar-refractivity contribution in [1.29, 1.82) is 0 Å². The van der Waals surface area contributed by atoms with Crippen LogP contribution in [-0.4, -0.2) is 18.8 Å². The molecule has 0 unspecified atom stereocenters. The molecule has 1 amide bonds. The van der Waals surface area contributed by atoms with E-state index in [1.165, 1.54) is 0 Å². The minimum Gasteiger partial charge on any atom is -0.497 e. The Morgan fingerprint density at radius 2 is 2.00 bits per heavy atom. The number of hydrogen-bond donors (Lipinski definition) is 1. The van der Waals surface area contributed by atoms with E-state index in [1.54, 1.807) is 7.11 Å². The van der Waals surface area contributed by atoms with Gasteiger partial charge in [-0.3, -0.25) is 0 Å². The number of carbonyl (C=O) groups excluding carboxylic acids is 1. The highest BCUT2D eigenvalue weighted by molar-refractivity contribution is 5.68. The molecule has 0 radical (unpaired) electrons. The summed E-state index contributed by atoms with van der Waals surface area (Å²) >= 11 is 0. The van der Waals surface area contributed by atoms with Gasteiger partial charge in [0.1, 0.15) is 11.4 Å². The van der Waals surface area contributed by atoms with Gasteiger partial charge in [-0.15, -0.1) is 0 Å². The van der Waals surface area contributed by atoms with Gasteiger partial charge in [0.05, 0.1) is 13.2 Å². The van der Waals surface area contributed by atoms with Crippen molar-refractivity contribution in [1.82, 2.24) is 5.32 Å². The molecule has 4 heteroatoms. The van der Waals surface area contributed by atoms with Crippen LogP contribution in [0.2, 0.25) is 0 Å². The lowest BCUT2D eigenvalue weighted by molar-refractivity contribution is 0.0508. The molecule has 18 heavy (non-hydrogen) atoms. The average Bonchev–Trinajstić information content (AvgIpc) is 2.26. The number of benzene rings is 1. The fourth-order valence-corrected chi connectivity index (χ4v) is 1.48. The van der Waals surface area contributed by atoms with Crippen LogP contribution in [0, 0.1) is 0 Å². The summed E-state index contributed by atoms with van der Waals surface area (Å²) in [5.74, 6) is 0.769. The Balaban J connectivity index is 2.64. The molecule has 0 aromatic heterocycles. The molecule has 1 N–H and O–H groups in total. The topological polar surface area (TPSA) is 47.6 Å². The molecular formula is C14H21NO3. The molecule has 1 aromatic rings. The monoisotopic (exact) mass is 251 g/mol. The van der Waals surface area contributed by atoms with Gasteiger partial charge in [-0.1, -0.05) is 12.1 Å². The van der Waals surface area contributed by atoms with Crippen molar-refractivity contribution in [3.8, 4) is 5.75 Å². The molecule has 0 aliphatic heterocycles. The van der Waals surface area contributed by atoms with Crippen LogP contribution >= 0.6 is 0 Å². The fourth-order valence-electron chi connectivity index (χ4n) is 1.48. The van der Waals surface area contributed by atoms with Crippen molar-refractivity contribution in [2.45, 2.75) is 39.3 Å². The minimum atomic E-state index is -0.488. The molecule has 0 saturated heterocycles. The van der Waals surface area contributed by atoms with Gasteiger partial charge in [-0.2, -0.15) is 0 Å². The highest BCUT2D eigenvalue weighted by Crippen LogP contribution is 2.19. The molecule has 0 aliphatic carbocycles. The molecule has 1 aromatic carbocycles. The second-order valence-corrected chi connectivity index (χ2v) is 5.14. The third-order valence-corrected chi connectivity index (χ3v) is 2.33. The van der Waals surface area contributed by atoms with Crippen LogP contribution in [0.1, 0.15) is 39.3 Å². The maximum atomic E-state index is 11.6. The number of hydrogen-bond acceptors (Lipinski definition) is 3. The van der Waals surface area contributed by atoms with Crippen molar-refractivity contribution in [3.05, 3.63) is 29.8 Å². The lowest BCUT2D eigenvalue weighted by Gasteiger charge is -2.22. The van der Waals surface area contributed by atoms with Gasteiger partial charge in [-0.25, -0.2) is 4.79 Å². The number of nitrogens with one attached hydrogen (secondary N) is 1. The van der Waals surface area contributed by atoms with Gasteiger partial charge in [-0.05, 0) is 45.4 Å². The number of ether oxygens (including phenoxy) is 2. The van der Waals surface area contributed by atoms with Gasteiger partial charge in [0.2, 0.25) is 0 Å². The molecular weight excluding hydrogens is 230 g/mol. The van der Waals surface area contributed by atoms with Gasteiger partial charge < -0.3 is 14.8 Å². The first-order chi connectivity index (χ1) is 8.31. The van der Waals surface area contributed by atoms with E-state index in [2.05, 4.69) is 5.32 Å². The third kappa shape index (κ3) is 4.65. The average molecular weight is 251 g/mol. The van der Waals surface area contributed by atoms with Crippen LogP contribution in [0.5, 0.6) is 5.75 Å². The molecule has 0 fully saturated rings. The molecule has 0 saturated carbocycles. The maximum absolute atomic E-state index is 11.6. The molecule has 0 heterocycles. The Labute approximate surface area is 108 Å². The van der Waals surface area contributed by atoms with E-state index in [9.17, 15) is 4.79 Å². The Morgan fingerprint density at radius 1 is 1.33 bits per heavy atom. The summed E-state index contributed by atoms with van der Waals surface area (Å²) in [6.07, 6.45) is -0.419. The van der Waals surface area contributed by atoms with Gasteiger partial charge in [0.25, 0.3) is 0 Å². The first-order valence-electron chi connectivity index (χ1n) is 5.95. The van der Waals surface area contributed by atoms with Crippen molar-refractivity contribution in [2.24, 2.45) is 0 Å². The van der Waals surface area contributed by atoms with Crippen LogP contribution in [0.3, 0.4) is 0 Å². The Kier molecular flexibility index (Phi) is 4.59. The Bertz CT molecular complexity index is 410. The lowest BCUT2D eigenvalue weighted by Crippen LogP contribution is -2.34. The van der Waals surface area contributed by atoms with Crippen LogP contribution in [-0.2, 0) is 4.74 Å². The van der Waals surface area contributed by atoms with E-state index >= 15 is 0 Å². The molecule has 100 valence electrons. The summed E-state index contributed by atoms with van der Waals surface area (Å²) in [4.78, 5) is 11.6. The van der Waals surface area contributed by atoms with Crippen molar-refractivity contribution >= 4 is 6.09 Å². The highest BCUT2D eigenvalue weighted by atomic mass is 16.6. The summed E-state index contributed by atoms with van der Waals surface area (Å²) in [7, 11) is 1.62. The standard InChI is InChI=1S/C14H21NO3/c1-10(15-13(16)18-14(2,3)4)11-7-6-8-12(9-11)17-5/h6-10H,1-5H3,(H,15,16)/t10-/m1/s1. The molecule has 0 spiro atoms. The summed E-state index contributed by atoms with van der Waals surface area (Å²) in [5, 5.41) is 2.79. The highest BCUT2D eigenvalue weighted by Gasteiger charge is 2.18. The molecule has 1 atom stereocenters. The fraction of sp³-hybridized carbons (Fsp3) is 0.500. The van der Waals surface area contributed by atoms with Crippen LogP contribution in [0.25, 0.3) is 0 Å². The SMILES string of the molecule is COc1cccc([C@@H](C)NC(=O)OC(C)(C)C)c1. The van der Waals surface area contributed by atoms with Gasteiger partial charge in [0, 0.05) is 0 Å². The van der Waals surface area contributed by atoms with Crippen molar-refractivity contribution in [2.75, 3.05) is 7.11 Å². The molecule has 0 aliphatic rings. The van der Waals surface area contributed by atoms with Crippen molar-refractivity contribution < 1.29 is 14.3 Å². The molecule has 4 nitrogen and oxygen atoms in total. The van der Waals surface area contributed by atoms with E-state index in [4.69, 9.17) is 9.47 Å². The van der Waals surface area contributed by atoms with E-state index in [-0.39, 0.29) is 6.04 Å². The van der Waals surface area contributed by atoms with E-state index < -0.39 is 11.7 Å². The van der Waals surface area contributed by atoms with Crippen molar-refractivity contribution in [3.63, 3.8) is 0 Å². The third-order valence-electron chi connectivity index (χ3n) is 2.33. The minimum absolute atomic E-state index is 0.130. The predicted molar refractivity (Wildman–Crippen MR) is 70.8 cm³/mol. The zero-order chi connectivity index (χ0) is 13.8. The smallest absolute Gasteiger partial charge is 0.408 e. The quantitative estimate of drug-likeness (QED) is 0.896. The summed E-state index contributed by atoms with van der Waals surface area (Å²) in [5.41, 5.74) is 0.485. The zero-order valence-corrected chi connectivity index (χ0v) is 11.6. The summed E-state index contributed by atoms with van der Waals surface area (Å²) in [6.45, 7) is 7.41. The number of amides is 1. The first-order valence-corrected chi connectivity index (χ1v) is 5.95. The van der Waals surface area contributed by atoms with Crippen LogP contribution in [0.15, 0.2) is 24.3 Å². The van der Waals surface area contributed by atoms with Gasteiger partial charge in [0.15, 0.2) is 0 Å². The first kappa shape index (κ1) is 14.4. The van der Waals surface area contributed by atoms with Gasteiger partial charge >= 0.3 is 6.09 Å². The molecule has 0 bridgehead atoms. The van der Waals surface area contributed by atoms with Crippen LogP contribution < -0.4 is 10.1 Å². The number of rotatable bonds is 3. The maximum Gasteiger partial charge on any atom is 0.408 e.